The summed E-state index contributed by atoms with van der Waals surface area (Å²) in [5.74, 6) is -1.09. The van der Waals surface area contributed by atoms with Crippen molar-refractivity contribution in [3.05, 3.63) is 47.1 Å². The molecule has 1 aliphatic rings. The molecule has 0 bridgehead atoms. The Bertz CT molecular complexity index is 766. The average molecular weight is 357 g/mol. The van der Waals surface area contributed by atoms with E-state index < -0.39 is 5.91 Å². The molecule has 1 saturated heterocycles. The van der Waals surface area contributed by atoms with Gasteiger partial charge in [-0.1, -0.05) is 30.1 Å². The molecule has 1 aromatic carbocycles. The van der Waals surface area contributed by atoms with Crippen LogP contribution in [0.2, 0.25) is 0 Å². The van der Waals surface area contributed by atoms with Crippen LogP contribution in [0.3, 0.4) is 0 Å². The van der Waals surface area contributed by atoms with Crippen LogP contribution in [0.5, 0.6) is 0 Å². The minimum atomic E-state index is -0.795. The van der Waals surface area contributed by atoms with Crippen molar-refractivity contribution in [1.82, 2.24) is 20.4 Å². The molecule has 2 amide bonds. The number of benzene rings is 1. The van der Waals surface area contributed by atoms with Gasteiger partial charge in [-0.3, -0.25) is 14.5 Å². The Morgan fingerprint density at radius 2 is 1.96 bits per heavy atom. The van der Waals surface area contributed by atoms with E-state index in [1.165, 1.54) is 25.7 Å². The molecule has 1 fully saturated rings. The Hall–Kier alpha value is -2.74. The highest BCUT2D eigenvalue weighted by Crippen LogP contribution is 2.14. The van der Waals surface area contributed by atoms with Crippen LogP contribution in [0, 0.1) is 0 Å². The lowest BCUT2D eigenvalue weighted by Crippen LogP contribution is -2.25. The molecule has 8 heteroatoms. The number of primary amides is 1. The third kappa shape index (κ3) is 4.89. The lowest BCUT2D eigenvalue weighted by Gasteiger charge is -2.20. The SMILES string of the molecule is NC(=O)c1nc(CNC(=O)c2cccc(CN3CCCCCC3)c2)no1. The van der Waals surface area contributed by atoms with Gasteiger partial charge in [-0.25, -0.2) is 0 Å². The first kappa shape index (κ1) is 18.1. The predicted molar refractivity (Wildman–Crippen MR) is 94.2 cm³/mol. The summed E-state index contributed by atoms with van der Waals surface area (Å²) in [6.45, 7) is 3.13. The average Bonchev–Trinajstić information content (AvgIpc) is 2.98. The number of likely N-dealkylation sites (tertiary alicyclic amines) is 1. The minimum Gasteiger partial charge on any atom is -0.361 e. The standard InChI is InChI=1S/C18H23N5O3/c19-16(24)18-21-15(22-26-18)11-20-17(25)14-7-5-6-13(10-14)12-23-8-3-1-2-4-9-23/h5-7,10H,1-4,8-9,11-12H2,(H2,19,24)(H,20,25). The predicted octanol–water partition coefficient (Wildman–Crippen LogP) is 1.47. The van der Waals surface area contributed by atoms with E-state index in [1.807, 2.05) is 18.2 Å². The first-order valence-corrected chi connectivity index (χ1v) is 8.84. The van der Waals surface area contributed by atoms with Crippen molar-refractivity contribution in [1.29, 1.82) is 0 Å². The summed E-state index contributed by atoms with van der Waals surface area (Å²) in [7, 11) is 0. The second-order valence-electron chi connectivity index (χ2n) is 6.45. The summed E-state index contributed by atoms with van der Waals surface area (Å²) >= 11 is 0. The van der Waals surface area contributed by atoms with E-state index in [0.717, 1.165) is 25.2 Å². The van der Waals surface area contributed by atoms with Crippen molar-refractivity contribution in [2.45, 2.75) is 38.8 Å². The van der Waals surface area contributed by atoms with Crippen LogP contribution in [0.15, 0.2) is 28.8 Å². The Morgan fingerprint density at radius 1 is 1.19 bits per heavy atom. The zero-order valence-corrected chi connectivity index (χ0v) is 14.6. The monoisotopic (exact) mass is 357 g/mol. The summed E-state index contributed by atoms with van der Waals surface area (Å²) in [6, 6.07) is 7.61. The van der Waals surface area contributed by atoms with Gasteiger partial charge in [0.05, 0.1) is 6.54 Å². The highest BCUT2D eigenvalue weighted by Gasteiger charge is 2.14. The van der Waals surface area contributed by atoms with E-state index in [2.05, 4.69) is 24.9 Å². The number of nitrogens with one attached hydrogen (secondary N) is 1. The molecule has 0 spiro atoms. The molecule has 8 nitrogen and oxygen atoms in total. The van der Waals surface area contributed by atoms with Gasteiger partial charge in [-0.05, 0) is 43.6 Å². The lowest BCUT2D eigenvalue weighted by atomic mass is 10.1. The molecule has 1 aliphatic heterocycles. The molecule has 138 valence electrons. The fourth-order valence-electron chi connectivity index (χ4n) is 3.05. The molecular formula is C18H23N5O3. The quantitative estimate of drug-likeness (QED) is 0.809. The molecule has 3 rings (SSSR count). The molecule has 0 aliphatic carbocycles. The topological polar surface area (TPSA) is 114 Å². The maximum absolute atomic E-state index is 12.4. The van der Waals surface area contributed by atoms with Crippen molar-refractivity contribution in [3.8, 4) is 0 Å². The number of aromatic nitrogens is 2. The Labute approximate surface area is 151 Å². The molecule has 2 aromatic rings. The molecule has 0 atom stereocenters. The largest absolute Gasteiger partial charge is 0.361 e. The fraction of sp³-hybridized carbons (Fsp3) is 0.444. The van der Waals surface area contributed by atoms with E-state index in [9.17, 15) is 9.59 Å². The Balaban J connectivity index is 1.57. The lowest BCUT2D eigenvalue weighted by molar-refractivity contribution is 0.0944. The van der Waals surface area contributed by atoms with E-state index >= 15 is 0 Å². The van der Waals surface area contributed by atoms with Gasteiger partial charge in [-0.2, -0.15) is 4.98 Å². The van der Waals surface area contributed by atoms with Gasteiger partial charge in [0.2, 0.25) is 0 Å². The van der Waals surface area contributed by atoms with Crippen LogP contribution < -0.4 is 11.1 Å². The zero-order chi connectivity index (χ0) is 18.4. The van der Waals surface area contributed by atoms with Crippen molar-refractivity contribution < 1.29 is 14.1 Å². The number of nitrogens with two attached hydrogens (primary N) is 1. The van der Waals surface area contributed by atoms with Crippen LogP contribution in [0.1, 0.15) is 58.1 Å². The van der Waals surface area contributed by atoms with Crippen molar-refractivity contribution >= 4 is 11.8 Å². The van der Waals surface area contributed by atoms with Gasteiger partial charge < -0.3 is 15.6 Å². The first-order chi connectivity index (χ1) is 12.6. The third-order valence-corrected chi connectivity index (χ3v) is 4.38. The number of amides is 2. The Kier molecular flexibility index (Phi) is 5.96. The van der Waals surface area contributed by atoms with Crippen molar-refractivity contribution in [2.75, 3.05) is 13.1 Å². The molecule has 1 aromatic heterocycles. The van der Waals surface area contributed by atoms with Crippen LogP contribution in [0.4, 0.5) is 0 Å². The van der Waals surface area contributed by atoms with Gasteiger partial charge in [0, 0.05) is 12.1 Å². The first-order valence-electron chi connectivity index (χ1n) is 8.84. The van der Waals surface area contributed by atoms with Crippen molar-refractivity contribution in [2.24, 2.45) is 5.73 Å². The second kappa shape index (κ2) is 8.57. The number of carbonyl (C=O) groups excluding carboxylic acids is 2. The fourth-order valence-corrected chi connectivity index (χ4v) is 3.05. The number of carbonyl (C=O) groups is 2. The van der Waals surface area contributed by atoms with E-state index in [-0.39, 0.29) is 24.2 Å². The Morgan fingerprint density at radius 3 is 2.65 bits per heavy atom. The summed E-state index contributed by atoms with van der Waals surface area (Å²) < 4.78 is 4.69. The van der Waals surface area contributed by atoms with Gasteiger partial charge in [0.25, 0.3) is 5.91 Å². The van der Waals surface area contributed by atoms with Gasteiger partial charge in [-0.15, -0.1) is 0 Å². The molecule has 0 radical (unpaired) electrons. The third-order valence-electron chi connectivity index (χ3n) is 4.38. The highest BCUT2D eigenvalue weighted by atomic mass is 16.5. The molecule has 26 heavy (non-hydrogen) atoms. The number of hydrogen-bond acceptors (Lipinski definition) is 6. The molecule has 2 heterocycles. The summed E-state index contributed by atoms with van der Waals surface area (Å²) in [4.78, 5) is 29.5. The van der Waals surface area contributed by atoms with Gasteiger partial charge >= 0.3 is 11.8 Å². The van der Waals surface area contributed by atoms with Crippen LogP contribution >= 0.6 is 0 Å². The minimum absolute atomic E-state index is 0.0615. The van der Waals surface area contributed by atoms with E-state index in [0.29, 0.717) is 5.56 Å². The number of hydrogen-bond donors (Lipinski definition) is 2. The molecule has 0 unspecified atom stereocenters. The maximum Gasteiger partial charge on any atom is 0.315 e. The number of rotatable bonds is 6. The van der Waals surface area contributed by atoms with Crippen molar-refractivity contribution in [3.63, 3.8) is 0 Å². The van der Waals surface area contributed by atoms with Crippen LogP contribution in [0.25, 0.3) is 0 Å². The second-order valence-corrected chi connectivity index (χ2v) is 6.45. The van der Waals surface area contributed by atoms with Crippen LogP contribution in [-0.4, -0.2) is 39.9 Å². The summed E-state index contributed by atoms with van der Waals surface area (Å²) in [6.07, 6.45) is 5.06. The smallest absolute Gasteiger partial charge is 0.315 e. The van der Waals surface area contributed by atoms with Gasteiger partial charge in [0.1, 0.15) is 0 Å². The van der Waals surface area contributed by atoms with Gasteiger partial charge in [0.15, 0.2) is 5.82 Å². The van der Waals surface area contributed by atoms with E-state index in [4.69, 9.17) is 5.73 Å². The molecular weight excluding hydrogens is 334 g/mol. The molecule has 0 saturated carbocycles. The summed E-state index contributed by atoms with van der Waals surface area (Å²) in [5.41, 5.74) is 6.75. The molecule has 3 N–H and O–H groups in total. The normalized spacial score (nSPS) is 15.4. The highest BCUT2D eigenvalue weighted by molar-refractivity contribution is 5.94. The maximum atomic E-state index is 12.4. The van der Waals surface area contributed by atoms with E-state index in [1.54, 1.807) is 6.07 Å². The zero-order valence-electron chi connectivity index (χ0n) is 14.6. The van der Waals surface area contributed by atoms with Crippen LogP contribution in [-0.2, 0) is 13.1 Å². The summed E-state index contributed by atoms with van der Waals surface area (Å²) in [5, 5.41) is 6.32. The number of nitrogens with zero attached hydrogens (tertiary/aromatic N) is 3.